The van der Waals surface area contributed by atoms with Gasteiger partial charge in [0.1, 0.15) is 11.4 Å². The number of amides is 1. The van der Waals surface area contributed by atoms with E-state index in [1.807, 2.05) is 0 Å². The van der Waals surface area contributed by atoms with Crippen molar-refractivity contribution in [2.45, 2.75) is 12.7 Å². The third-order valence-corrected chi connectivity index (χ3v) is 3.56. The fraction of sp³-hybridized carbons (Fsp3) is 0.250. The number of carbonyl (C=O) groups excluding carboxylic acids is 2. The second kappa shape index (κ2) is 7.69. The Balaban J connectivity index is 2.31. The Morgan fingerprint density at radius 3 is 2.50 bits per heavy atom. The highest BCUT2D eigenvalue weighted by molar-refractivity contribution is 6.42. The van der Waals surface area contributed by atoms with Crippen LogP contribution in [-0.2, 0) is 17.5 Å². The molecule has 1 heterocycles. The molecule has 0 fully saturated rings. The molecule has 0 spiro atoms. The normalized spacial score (nSPS) is 11.2. The highest BCUT2D eigenvalue weighted by atomic mass is 35.5. The number of halogens is 4. The van der Waals surface area contributed by atoms with Crippen molar-refractivity contribution in [1.82, 2.24) is 14.9 Å². The molecule has 2 rings (SSSR count). The molecule has 0 aliphatic rings. The van der Waals surface area contributed by atoms with Gasteiger partial charge in [-0.05, 0) is 17.2 Å². The SMILES string of the molecule is CN(C)C(=O)C(=O)c1ccccc1CNc1nc(Cl)ncc1C(F)(F)F. The first-order valence-electron chi connectivity index (χ1n) is 7.28. The second-order valence-corrected chi connectivity index (χ2v) is 5.78. The molecule has 26 heavy (non-hydrogen) atoms. The van der Waals surface area contributed by atoms with E-state index in [0.717, 1.165) is 4.90 Å². The lowest BCUT2D eigenvalue weighted by molar-refractivity contribution is -0.137. The topological polar surface area (TPSA) is 75.2 Å². The van der Waals surface area contributed by atoms with Crippen molar-refractivity contribution in [3.05, 3.63) is 52.4 Å². The van der Waals surface area contributed by atoms with Crippen LogP contribution in [-0.4, -0.2) is 40.7 Å². The molecule has 6 nitrogen and oxygen atoms in total. The quantitative estimate of drug-likeness (QED) is 0.485. The van der Waals surface area contributed by atoms with Crippen molar-refractivity contribution < 1.29 is 22.8 Å². The summed E-state index contributed by atoms with van der Waals surface area (Å²) in [5, 5.41) is 2.15. The number of ketones is 1. The van der Waals surface area contributed by atoms with Crippen LogP contribution in [0.3, 0.4) is 0 Å². The van der Waals surface area contributed by atoms with Crippen molar-refractivity contribution in [3.63, 3.8) is 0 Å². The second-order valence-electron chi connectivity index (χ2n) is 5.44. The highest BCUT2D eigenvalue weighted by Gasteiger charge is 2.35. The van der Waals surface area contributed by atoms with Gasteiger partial charge >= 0.3 is 6.18 Å². The number of likely N-dealkylation sites (N-methyl/N-ethyl adjacent to an activating group) is 1. The van der Waals surface area contributed by atoms with Gasteiger partial charge < -0.3 is 10.2 Å². The van der Waals surface area contributed by atoms with Gasteiger partial charge in [0.05, 0.1) is 0 Å². The Kier molecular flexibility index (Phi) is 5.81. The zero-order valence-electron chi connectivity index (χ0n) is 13.8. The molecule has 0 saturated carbocycles. The number of carbonyl (C=O) groups is 2. The fourth-order valence-electron chi connectivity index (χ4n) is 2.10. The molecular weight excluding hydrogens is 373 g/mol. The van der Waals surface area contributed by atoms with E-state index in [0.29, 0.717) is 11.8 Å². The Morgan fingerprint density at radius 2 is 1.88 bits per heavy atom. The maximum Gasteiger partial charge on any atom is 0.421 e. The van der Waals surface area contributed by atoms with Crippen LogP contribution in [0.5, 0.6) is 0 Å². The molecule has 0 aliphatic heterocycles. The molecule has 0 bridgehead atoms. The van der Waals surface area contributed by atoms with Crippen LogP contribution in [0.4, 0.5) is 19.0 Å². The molecule has 0 unspecified atom stereocenters. The predicted molar refractivity (Wildman–Crippen MR) is 88.8 cm³/mol. The summed E-state index contributed by atoms with van der Waals surface area (Å²) < 4.78 is 39.1. The molecule has 1 N–H and O–H groups in total. The van der Waals surface area contributed by atoms with Gasteiger partial charge in [-0.25, -0.2) is 9.97 Å². The van der Waals surface area contributed by atoms with Gasteiger partial charge in [-0.3, -0.25) is 9.59 Å². The van der Waals surface area contributed by atoms with E-state index in [1.54, 1.807) is 12.1 Å². The van der Waals surface area contributed by atoms with Gasteiger partial charge in [0, 0.05) is 32.4 Å². The number of nitrogens with one attached hydrogen (secondary N) is 1. The third-order valence-electron chi connectivity index (χ3n) is 3.37. The molecule has 138 valence electrons. The lowest BCUT2D eigenvalue weighted by Crippen LogP contribution is -2.30. The molecular formula is C16H14ClF3N4O2. The minimum atomic E-state index is -4.68. The summed E-state index contributed by atoms with van der Waals surface area (Å²) in [5.41, 5.74) is -0.655. The molecule has 1 aromatic carbocycles. The summed E-state index contributed by atoms with van der Waals surface area (Å²) in [4.78, 5) is 32.1. The summed E-state index contributed by atoms with van der Waals surface area (Å²) in [6, 6.07) is 6.12. The molecule has 0 aliphatic carbocycles. The summed E-state index contributed by atoms with van der Waals surface area (Å²) in [6.07, 6.45) is -4.10. The van der Waals surface area contributed by atoms with Gasteiger partial charge in [0.2, 0.25) is 5.28 Å². The summed E-state index contributed by atoms with van der Waals surface area (Å²) >= 11 is 5.57. The van der Waals surface area contributed by atoms with Crippen molar-refractivity contribution in [2.75, 3.05) is 19.4 Å². The molecule has 1 aromatic heterocycles. The molecule has 10 heteroatoms. The molecule has 0 atom stereocenters. The first-order valence-corrected chi connectivity index (χ1v) is 7.66. The minimum absolute atomic E-state index is 0.0902. The van der Waals surface area contributed by atoms with Crippen LogP contribution in [0.15, 0.2) is 30.5 Å². The zero-order chi connectivity index (χ0) is 19.5. The van der Waals surface area contributed by atoms with E-state index in [9.17, 15) is 22.8 Å². The van der Waals surface area contributed by atoms with E-state index in [-0.39, 0.29) is 17.4 Å². The van der Waals surface area contributed by atoms with E-state index < -0.39 is 29.2 Å². The van der Waals surface area contributed by atoms with Gasteiger partial charge in [-0.1, -0.05) is 24.3 Å². The van der Waals surface area contributed by atoms with E-state index in [2.05, 4.69) is 15.3 Å². The number of nitrogens with zero attached hydrogens (tertiary/aromatic N) is 3. The standard InChI is InChI=1S/C16H14ClF3N4O2/c1-24(2)14(26)12(25)10-6-4-3-5-9(10)7-21-13-11(16(18,19)20)8-22-15(17)23-13/h3-6,8H,7H2,1-2H3,(H,21,22,23). The lowest BCUT2D eigenvalue weighted by Gasteiger charge is -2.15. The molecule has 2 aromatic rings. The number of hydrogen-bond donors (Lipinski definition) is 1. The van der Waals surface area contributed by atoms with Crippen LogP contribution >= 0.6 is 11.6 Å². The maximum atomic E-state index is 13.0. The molecule has 0 saturated heterocycles. The van der Waals surface area contributed by atoms with Gasteiger partial charge in [0.25, 0.3) is 11.7 Å². The van der Waals surface area contributed by atoms with Crippen LogP contribution in [0, 0.1) is 0 Å². The molecule has 0 radical (unpaired) electrons. The Hall–Kier alpha value is -2.68. The maximum absolute atomic E-state index is 13.0. The average molecular weight is 387 g/mol. The summed E-state index contributed by atoms with van der Waals surface area (Å²) in [7, 11) is 2.86. The fourth-order valence-corrected chi connectivity index (χ4v) is 2.23. The van der Waals surface area contributed by atoms with Crippen LogP contribution in [0.25, 0.3) is 0 Å². The van der Waals surface area contributed by atoms with Crippen LogP contribution < -0.4 is 5.32 Å². The van der Waals surface area contributed by atoms with Crippen molar-refractivity contribution in [2.24, 2.45) is 0 Å². The summed E-state index contributed by atoms with van der Waals surface area (Å²) in [5.74, 6) is -2.01. The largest absolute Gasteiger partial charge is 0.421 e. The number of anilines is 1. The number of aromatic nitrogens is 2. The number of alkyl halides is 3. The van der Waals surface area contributed by atoms with Crippen molar-refractivity contribution >= 4 is 29.1 Å². The Labute approximate surface area is 152 Å². The smallest absolute Gasteiger partial charge is 0.365 e. The van der Waals surface area contributed by atoms with Crippen molar-refractivity contribution in [1.29, 1.82) is 0 Å². The highest BCUT2D eigenvalue weighted by Crippen LogP contribution is 2.34. The predicted octanol–water partition coefficient (Wildman–Crippen LogP) is 3.03. The Bertz CT molecular complexity index is 840. The van der Waals surface area contributed by atoms with Crippen molar-refractivity contribution in [3.8, 4) is 0 Å². The first-order chi connectivity index (χ1) is 12.1. The van der Waals surface area contributed by atoms with E-state index >= 15 is 0 Å². The van der Waals surface area contributed by atoms with Gasteiger partial charge in [-0.2, -0.15) is 13.2 Å². The van der Waals surface area contributed by atoms with Crippen LogP contribution in [0.1, 0.15) is 21.5 Å². The third kappa shape index (κ3) is 4.48. The Morgan fingerprint density at radius 1 is 1.23 bits per heavy atom. The number of rotatable bonds is 5. The van der Waals surface area contributed by atoms with E-state index in [1.165, 1.54) is 26.2 Å². The minimum Gasteiger partial charge on any atom is -0.365 e. The first kappa shape index (κ1) is 19.6. The monoisotopic (exact) mass is 386 g/mol. The number of Topliss-reactive ketones (excluding diaryl/α,β-unsaturated/α-hetero) is 1. The van der Waals surface area contributed by atoms with Crippen LogP contribution in [0.2, 0.25) is 5.28 Å². The summed E-state index contributed by atoms with van der Waals surface area (Å²) in [6.45, 7) is -0.168. The lowest BCUT2D eigenvalue weighted by atomic mass is 10.0. The van der Waals surface area contributed by atoms with E-state index in [4.69, 9.17) is 11.6 Å². The zero-order valence-corrected chi connectivity index (χ0v) is 14.5. The number of benzene rings is 1. The molecule has 1 amide bonds. The van der Waals surface area contributed by atoms with Gasteiger partial charge in [-0.15, -0.1) is 0 Å². The average Bonchev–Trinajstić information content (AvgIpc) is 2.57. The number of hydrogen-bond acceptors (Lipinski definition) is 5. The van der Waals surface area contributed by atoms with Gasteiger partial charge in [0.15, 0.2) is 0 Å².